The highest BCUT2D eigenvalue weighted by molar-refractivity contribution is 5.89. The Bertz CT molecular complexity index is 114. The lowest BCUT2D eigenvalue weighted by Crippen LogP contribution is -2.05. The van der Waals surface area contributed by atoms with Gasteiger partial charge in [-0.05, 0) is 19.4 Å². The molecule has 0 aromatic rings. The molecule has 0 fully saturated rings. The van der Waals surface area contributed by atoms with Crippen LogP contribution in [0.5, 0.6) is 0 Å². The van der Waals surface area contributed by atoms with Gasteiger partial charge in [-0.3, -0.25) is 5.41 Å². The van der Waals surface area contributed by atoms with Gasteiger partial charge in [-0.2, -0.15) is 0 Å². The molecule has 46 valence electrons. The molecule has 0 bridgehead atoms. The summed E-state index contributed by atoms with van der Waals surface area (Å²) in [6, 6.07) is 0. The van der Waals surface area contributed by atoms with Gasteiger partial charge in [0.05, 0.1) is 0 Å². The number of hydrogen-bond donors (Lipinski definition) is 2. The first-order valence-electron chi connectivity index (χ1n) is 2.68. The van der Waals surface area contributed by atoms with E-state index in [1.54, 1.807) is 6.08 Å². The predicted molar refractivity (Wildman–Crippen MR) is 36.0 cm³/mol. The minimum atomic E-state index is 0.143. The zero-order chi connectivity index (χ0) is 6.57. The number of allylic oxidation sites excluding steroid dienone is 1. The quantitative estimate of drug-likeness (QED) is 0.410. The van der Waals surface area contributed by atoms with Crippen LogP contribution in [0.4, 0.5) is 0 Å². The maximum atomic E-state index is 6.83. The highest BCUT2D eigenvalue weighted by Crippen LogP contribution is 1.95. The first kappa shape index (κ1) is 7.21. The molecule has 0 rings (SSSR count). The van der Waals surface area contributed by atoms with E-state index >= 15 is 0 Å². The Balaban J connectivity index is 3.75. The number of amidine groups is 1. The topological polar surface area (TPSA) is 49.9 Å². The second-order valence-electron chi connectivity index (χ2n) is 1.80. The van der Waals surface area contributed by atoms with E-state index in [2.05, 4.69) is 0 Å². The van der Waals surface area contributed by atoms with Crippen LogP contribution in [-0.4, -0.2) is 5.84 Å². The summed E-state index contributed by atoms with van der Waals surface area (Å²) in [5, 5.41) is 6.83. The van der Waals surface area contributed by atoms with E-state index in [0.29, 0.717) is 0 Å². The van der Waals surface area contributed by atoms with Crippen molar-refractivity contribution in [2.24, 2.45) is 5.73 Å². The molecular weight excluding hydrogens is 100 g/mol. The van der Waals surface area contributed by atoms with Gasteiger partial charge in [0.15, 0.2) is 0 Å². The third kappa shape index (κ3) is 3.40. The third-order valence-corrected chi connectivity index (χ3v) is 0.960. The van der Waals surface area contributed by atoms with Crippen LogP contribution in [0, 0.1) is 5.41 Å². The molecule has 0 aromatic heterocycles. The SMILES string of the molecule is CC/C(C)=C\C(=N)N. The zero-order valence-corrected chi connectivity index (χ0v) is 5.36. The molecule has 0 radical (unpaired) electrons. The third-order valence-electron chi connectivity index (χ3n) is 0.960. The Morgan fingerprint density at radius 2 is 2.25 bits per heavy atom. The fourth-order valence-electron chi connectivity index (χ4n) is 0.368. The van der Waals surface area contributed by atoms with Gasteiger partial charge in [-0.25, -0.2) is 0 Å². The molecule has 2 heteroatoms. The molecule has 0 saturated carbocycles. The van der Waals surface area contributed by atoms with Gasteiger partial charge in [0.1, 0.15) is 5.84 Å². The fourth-order valence-corrected chi connectivity index (χ4v) is 0.368. The molecule has 8 heavy (non-hydrogen) atoms. The van der Waals surface area contributed by atoms with Gasteiger partial charge in [0, 0.05) is 0 Å². The predicted octanol–water partition coefficient (Wildman–Crippen LogP) is 1.28. The largest absolute Gasteiger partial charge is 0.384 e. The minimum Gasteiger partial charge on any atom is -0.384 e. The molecule has 0 spiro atoms. The summed E-state index contributed by atoms with van der Waals surface area (Å²) in [4.78, 5) is 0. The maximum absolute atomic E-state index is 6.83. The number of nitrogens with one attached hydrogen (secondary N) is 1. The summed E-state index contributed by atoms with van der Waals surface area (Å²) in [5.41, 5.74) is 6.23. The van der Waals surface area contributed by atoms with Crippen LogP contribution < -0.4 is 5.73 Å². The van der Waals surface area contributed by atoms with Crippen molar-refractivity contribution in [2.75, 3.05) is 0 Å². The van der Waals surface area contributed by atoms with Gasteiger partial charge in [0.2, 0.25) is 0 Å². The van der Waals surface area contributed by atoms with Crippen LogP contribution in [0.15, 0.2) is 11.6 Å². The molecule has 0 unspecified atom stereocenters. The summed E-state index contributed by atoms with van der Waals surface area (Å²) in [6.45, 7) is 4.00. The molecule has 0 aliphatic rings. The number of rotatable bonds is 2. The van der Waals surface area contributed by atoms with Crippen LogP contribution >= 0.6 is 0 Å². The summed E-state index contributed by atoms with van der Waals surface area (Å²) in [6.07, 6.45) is 2.64. The van der Waals surface area contributed by atoms with Crippen molar-refractivity contribution in [2.45, 2.75) is 20.3 Å². The van der Waals surface area contributed by atoms with Gasteiger partial charge < -0.3 is 5.73 Å². The zero-order valence-electron chi connectivity index (χ0n) is 5.36. The standard InChI is InChI=1S/C6H12N2/c1-3-5(2)4-6(7)8/h4H,3H2,1-2H3,(H3,7,8)/b5-4-. The first-order valence-corrected chi connectivity index (χ1v) is 2.68. The first-order chi connectivity index (χ1) is 3.66. The molecule has 0 aromatic carbocycles. The van der Waals surface area contributed by atoms with Crippen molar-refractivity contribution in [1.82, 2.24) is 0 Å². The second-order valence-corrected chi connectivity index (χ2v) is 1.80. The lowest BCUT2D eigenvalue weighted by atomic mass is 10.2. The Morgan fingerprint density at radius 3 is 2.38 bits per heavy atom. The van der Waals surface area contributed by atoms with Gasteiger partial charge in [0.25, 0.3) is 0 Å². The van der Waals surface area contributed by atoms with E-state index in [1.807, 2.05) is 13.8 Å². The molecule has 0 aliphatic carbocycles. The van der Waals surface area contributed by atoms with Crippen molar-refractivity contribution < 1.29 is 0 Å². The summed E-state index contributed by atoms with van der Waals surface area (Å²) in [7, 11) is 0. The van der Waals surface area contributed by atoms with Crippen LogP contribution in [0.3, 0.4) is 0 Å². The van der Waals surface area contributed by atoms with E-state index in [4.69, 9.17) is 11.1 Å². The smallest absolute Gasteiger partial charge is 0.115 e. The molecule has 0 saturated heterocycles. The molecule has 0 amide bonds. The molecular formula is C6H12N2. The Hall–Kier alpha value is -0.790. The molecule has 0 aliphatic heterocycles. The van der Waals surface area contributed by atoms with Crippen LogP contribution in [0.25, 0.3) is 0 Å². The summed E-state index contributed by atoms with van der Waals surface area (Å²) in [5.74, 6) is 0.143. The highest BCUT2D eigenvalue weighted by Gasteiger charge is 1.82. The summed E-state index contributed by atoms with van der Waals surface area (Å²) < 4.78 is 0. The van der Waals surface area contributed by atoms with E-state index in [9.17, 15) is 0 Å². The normalized spacial score (nSPS) is 11.5. The molecule has 0 heterocycles. The van der Waals surface area contributed by atoms with Gasteiger partial charge >= 0.3 is 0 Å². The summed E-state index contributed by atoms with van der Waals surface area (Å²) >= 11 is 0. The van der Waals surface area contributed by atoms with Crippen molar-refractivity contribution in [3.05, 3.63) is 11.6 Å². The van der Waals surface area contributed by atoms with Gasteiger partial charge in [-0.1, -0.05) is 12.5 Å². The molecule has 3 N–H and O–H groups in total. The van der Waals surface area contributed by atoms with E-state index < -0.39 is 0 Å². The lowest BCUT2D eigenvalue weighted by molar-refractivity contribution is 1.10. The Kier molecular flexibility index (Phi) is 2.92. The van der Waals surface area contributed by atoms with E-state index in [-0.39, 0.29) is 5.84 Å². The minimum absolute atomic E-state index is 0.143. The van der Waals surface area contributed by atoms with Crippen molar-refractivity contribution in [3.63, 3.8) is 0 Å². The monoisotopic (exact) mass is 112 g/mol. The average molecular weight is 112 g/mol. The highest BCUT2D eigenvalue weighted by atomic mass is 14.7. The van der Waals surface area contributed by atoms with Crippen LogP contribution in [-0.2, 0) is 0 Å². The van der Waals surface area contributed by atoms with Gasteiger partial charge in [-0.15, -0.1) is 0 Å². The lowest BCUT2D eigenvalue weighted by Gasteiger charge is -1.90. The van der Waals surface area contributed by atoms with E-state index in [0.717, 1.165) is 12.0 Å². The number of nitrogens with two attached hydrogens (primary N) is 1. The van der Waals surface area contributed by atoms with Crippen LogP contribution in [0.2, 0.25) is 0 Å². The fraction of sp³-hybridized carbons (Fsp3) is 0.500. The van der Waals surface area contributed by atoms with Crippen molar-refractivity contribution in [3.8, 4) is 0 Å². The maximum Gasteiger partial charge on any atom is 0.115 e. The molecule has 0 atom stereocenters. The number of hydrogen-bond acceptors (Lipinski definition) is 1. The molecule has 2 nitrogen and oxygen atoms in total. The second kappa shape index (κ2) is 3.24. The Labute approximate surface area is 49.9 Å². The van der Waals surface area contributed by atoms with Crippen molar-refractivity contribution in [1.29, 1.82) is 5.41 Å². The van der Waals surface area contributed by atoms with Crippen LogP contribution in [0.1, 0.15) is 20.3 Å². The van der Waals surface area contributed by atoms with E-state index in [1.165, 1.54) is 0 Å². The van der Waals surface area contributed by atoms with Crippen molar-refractivity contribution >= 4 is 5.84 Å². The average Bonchev–Trinajstić information content (AvgIpc) is 1.65. The Morgan fingerprint density at radius 1 is 1.75 bits per heavy atom.